The van der Waals surface area contributed by atoms with Crippen LogP contribution in [0.5, 0.6) is 0 Å². The Morgan fingerprint density at radius 3 is 2.65 bits per heavy atom. The lowest BCUT2D eigenvalue weighted by Crippen LogP contribution is -2.47. The first-order valence-corrected chi connectivity index (χ1v) is 10.8. The zero-order valence-electron chi connectivity index (χ0n) is 19.2. The Bertz CT molecular complexity index is 1410. The molecular formula is C24H19F3N4O6. The number of benzene rings is 1. The van der Waals surface area contributed by atoms with Gasteiger partial charge in [0.1, 0.15) is 5.56 Å². The minimum Gasteiger partial charge on any atom is -0.467 e. The molecule has 13 heteroatoms. The molecule has 1 unspecified atom stereocenters. The maximum absolute atomic E-state index is 13.5. The van der Waals surface area contributed by atoms with Crippen LogP contribution in [0.15, 0.2) is 64.2 Å². The number of fused-ring (bicyclic) bond motifs is 1. The Balaban J connectivity index is 1.46. The number of aromatic nitrogens is 1. The lowest BCUT2D eigenvalue weighted by atomic mass is 10.1. The topological polar surface area (TPSA) is 128 Å². The summed E-state index contributed by atoms with van der Waals surface area (Å²) in [6.45, 7) is -0.686. The smallest absolute Gasteiger partial charge is 0.346 e. The van der Waals surface area contributed by atoms with Gasteiger partial charge in [-0.3, -0.25) is 9.59 Å². The average Bonchev–Trinajstić information content (AvgIpc) is 3.24. The van der Waals surface area contributed by atoms with Crippen molar-refractivity contribution in [3.63, 3.8) is 0 Å². The van der Waals surface area contributed by atoms with Gasteiger partial charge in [0.25, 0.3) is 11.5 Å². The summed E-state index contributed by atoms with van der Waals surface area (Å²) in [6.07, 6.45) is 5.35. The zero-order valence-corrected chi connectivity index (χ0v) is 19.2. The van der Waals surface area contributed by atoms with Crippen LogP contribution in [0.1, 0.15) is 15.9 Å². The summed E-state index contributed by atoms with van der Waals surface area (Å²) in [5.74, 6) is -6.24. The highest BCUT2D eigenvalue weighted by atomic mass is 19.2. The van der Waals surface area contributed by atoms with Crippen molar-refractivity contribution in [2.45, 2.75) is 18.7 Å². The molecule has 37 heavy (non-hydrogen) atoms. The van der Waals surface area contributed by atoms with Crippen molar-refractivity contribution in [3.8, 4) is 0 Å². The number of carbonyl (C=O) groups excluding carboxylic acids is 3. The van der Waals surface area contributed by atoms with Crippen LogP contribution in [0.25, 0.3) is 0 Å². The molecule has 0 saturated heterocycles. The number of hydrogen-bond donors (Lipinski definition) is 2. The number of methoxy groups -OCH3 is 1. The number of pyridine rings is 1. The quantitative estimate of drug-likeness (QED) is 0.405. The van der Waals surface area contributed by atoms with Crippen LogP contribution in [0, 0.1) is 17.5 Å². The Morgan fingerprint density at radius 1 is 1.22 bits per heavy atom. The van der Waals surface area contributed by atoms with E-state index in [1.165, 1.54) is 18.3 Å². The van der Waals surface area contributed by atoms with E-state index in [1.807, 2.05) is 0 Å². The van der Waals surface area contributed by atoms with Crippen LogP contribution in [0.3, 0.4) is 0 Å². The van der Waals surface area contributed by atoms with Crippen LogP contribution in [0.2, 0.25) is 0 Å². The van der Waals surface area contributed by atoms with Crippen LogP contribution < -0.4 is 16.2 Å². The summed E-state index contributed by atoms with van der Waals surface area (Å²) in [5.41, 5.74) is -0.346. The number of amides is 3. The maximum atomic E-state index is 13.5. The molecule has 4 rings (SSSR count). The van der Waals surface area contributed by atoms with Crippen molar-refractivity contribution in [2.24, 2.45) is 4.99 Å². The van der Waals surface area contributed by atoms with Gasteiger partial charge in [-0.05, 0) is 48.1 Å². The van der Waals surface area contributed by atoms with Gasteiger partial charge in [-0.15, -0.1) is 0 Å². The van der Waals surface area contributed by atoms with Gasteiger partial charge in [-0.25, -0.2) is 22.8 Å². The predicted molar refractivity (Wildman–Crippen MR) is 122 cm³/mol. The average molecular weight is 516 g/mol. The Labute approximate surface area is 207 Å². The summed E-state index contributed by atoms with van der Waals surface area (Å²) >= 11 is 0. The first kappa shape index (κ1) is 25.6. The normalized spacial score (nSPS) is 16.9. The van der Waals surface area contributed by atoms with Gasteiger partial charge in [0, 0.05) is 6.20 Å². The number of urea groups is 1. The summed E-state index contributed by atoms with van der Waals surface area (Å²) in [7, 11) is 1.11. The molecule has 2 aliphatic rings. The molecule has 0 saturated carbocycles. The van der Waals surface area contributed by atoms with E-state index in [1.54, 1.807) is 18.2 Å². The molecule has 1 aromatic carbocycles. The van der Waals surface area contributed by atoms with E-state index >= 15 is 0 Å². The van der Waals surface area contributed by atoms with E-state index < -0.39 is 53.1 Å². The molecule has 2 aromatic rings. The number of halogens is 3. The van der Waals surface area contributed by atoms with E-state index in [4.69, 9.17) is 9.47 Å². The maximum Gasteiger partial charge on any atom is 0.346 e. The Kier molecular flexibility index (Phi) is 7.34. The number of allylic oxidation sites excluding steroid dienone is 1. The third-order valence-electron chi connectivity index (χ3n) is 5.42. The fourth-order valence-electron chi connectivity index (χ4n) is 3.62. The number of ether oxygens (including phenoxy) is 2. The summed E-state index contributed by atoms with van der Waals surface area (Å²) < 4.78 is 51.6. The van der Waals surface area contributed by atoms with Crippen molar-refractivity contribution in [3.05, 3.63) is 93.3 Å². The molecule has 1 aliphatic heterocycles. The van der Waals surface area contributed by atoms with Crippen molar-refractivity contribution < 1.29 is 37.0 Å². The number of rotatable bonds is 8. The molecule has 1 aromatic heterocycles. The molecule has 0 radical (unpaired) electrons. The molecule has 2 N–H and O–H groups in total. The number of aliphatic imine (C=N–C) groups is 1. The van der Waals surface area contributed by atoms with Gasteiger partial charge in [-0.2, -0.15) is 4.99 Å². The summed E-state index contributed by atoms with van der Waals surface area (Å²) in [6, 6.07) is 2.21. The highest BCUT2D eigenvalue weighted by Crippen LogP contribution is 2.16. The van der Waals surface area contributed by atoms with Crippen LogP contribution in [0.4, 0.5) is 18.0 Å². The first-order chi connectivity index (χ1) is 17.7. The number of hydrogen-bond acceptors (Lipinski definition) is 6. The molecule has 2 atom stereocenters. The van der Waals surface area contributed by atoms with Crippen LogP contribution in [-0.2, 0) is 20.8 Å². The van der Waals surface area contributed by atoms with E-state index in [9.17, 15) is 32.3 Å². The highest BCUT2D eigenvalue weighted by Gasteiger charge is 2.27. The van der Waals surface area contributed by atoms with Crippen molar-refractivity contribution in [1.82, 2.24) is 15.2 Å². The lowest BCUT2D eigenvalue weighted by molar-refractivity contribution is -0.144. The third-order valence-corrected chi connectivity index (χ3v) is 5.42. The zero-order chi connectivity index (χ0) is 26.7. The standard InChI is InChI=1S/C24H19F3N4O6/c1-36-23(34)19(11-37-13-4-5-17-18(9-13)30-24(35)29-17)28-21(32)14-3-2-6-31(22(14)33)10-12-7-15(25)20(27)16(26)8-12/h2-9,13,19H,10-11H2,1H3,(H,28,32)(H,30,35)/t13?,19-/m0/s1. The lowest BCUT2D eigenvalue weighted by Gasteiger charge is -2.20. The molecule has 0 bridgehead atoms. The fraction of sp³-hybridized carbons (Fsp3) is 0.208. The predicted octanol–water partition coefficient (Wildman–Crippen LogP) is 1.59. The molecular weight excluding hydrogens is 497 g/mol. The number of carbonyl (C=O) groups is 3. The second-order valence-corrected chi connectivity index (χ2v) is 7.94. The first-order valence-electron chi connectivity index (χ1n) is 10.8. The minimum atomic E-state index is -1.64. The van der Waals surface area contributed by atoms with Gasteiger partial charge in [0.15, 0.2) is 23.5 Å². The molecule has 0 fully saturated rings. The van der Waals surface area contributed by atoms with Crippen LogP contribution in [-0.4, -0.2) is 54.0 Å². The van der Waals surface area contributed by atoms with Crippen LogP contribution >= 0.6 is 0 Å². The Morgan fingerprint density at radius 2 is 1.95 bits per heavy atom. The largest absolute Gasteiger partial charge is 0.467 e. The van der Waals surface area contributed by atoms with Gasteiger partial charge in [0.2, 0.25) is 0 Å². The second kappa shape index (κ2) is 10.6. The van der Waals surface area contributed by atoms with Crippen molar-refractivity contribution in [2.75, 3.05) is 13.7 Å². The monoisotopic (exact) mass is 516 g/mol. The number of esters is 1. The summed E-state index contributed by atoms with van der Waals surface area (Å²) in [4.78, 5) is 53.0. The van der Waals surface area contributed by atoms with Crippen molar-refractivity contribution >= 4 is 23.6 Å². The van der Waals surface area contributed by atoms with E-state index in [0.717, 1.165) is 23.8 Å². The Hall–Kier alpha value is -4.52. The number of nitrogens with zero attached hydrogens (tertiary/aromatic N) is 2. The van der Waals surface area contributed by atoms with Gasteiger partial charge in [0.05, 0.1) is 37.8 Å². The van der Waals surface area contributed by atoms with Crippen molar-refractivity contribution in [1.29, 1.82) is 0 Å². The van der Waals surface area contributed by atoms with Gasteiger partial charge >= 0.3 is 12.0 Å². The molecule has 10 nitrogen and oxygen atoms in total. The SMILES string of the molecule is COC(=O)[C@H](COC1C=CC2=NC(=O)NC2=C1)NC(=O)c1cccn(Cc2cc(F)c(F)c(F)c2)c1=O. The highest BCUT2D eigenvalue weighted by molar-refractivity contribution is 6.19. The summed E-state index contributed by atoms with van der Waals surface area (Å²) in [5, 5.41) is 4.90. The second-order valence-electron chi connectivity index (χ2n) is 7.94. The minimum absolute atomic E-state index is 0.0433. The third kappa shape index (κ3) is 5.67. The fourth-order valence-corrected chi connectivity index (χ4v) is 3.62. The molecule has 2 heterocycles. The molecule has 0 spiro atoms. The molecule has 192 valence electrons. The van der Waals surface area contributed by atoms with Gasteiger partial charge < -0.3 is 24.7 Å². The van der Waals surface area contributed by atoms with E-state index in [0.29, 0.717) is 11.4 Å². The van der Waals surface area contributed by atoms with E-state index in [-0.39, 0.29) is 24.3 Å². The molecule has 1 aliphatic carbocycles. The van der Waals surface area contributed by atoms with Gasteiger partial charge in [-0.1, -0.05) is 0 Å². The van der Waals surface area contributed by atoms with E-state index in [2.05, 4.69) is 15.6 Å². The number of nitrogens with one attached hydrogen (secondary N) is 2. The molecule has 3 amide bonds.